The van der Waals surface area contributed by atoms with Crippen LogP contribution in [0.5, 0.6) is 0 Å². The molecule has 0 heterocycles. The number of ether oxygens (including phenoxy) is 1. The number of rotatable bonds is 2. The van der Waals surface area contributed by atoms with Crippen LogP contribution in [0, 0.1) is 0 Å². The van der Waals surface area contributed by atoms with Gasteiger partial charge in [-0.3, -0.25) is 4.74 Å². The second-order valence-corrected chi connectivity index (χ2v) is 1.16. The number of alkyl halides is 3. The first-order chi connectivity index (χ1) is 3.06. The van der Waals surface area contributed by atoms with Gasteiger partial charge >= 0.3 is 5.57 Å². The topological polar surface area (TPSA) is 29.5 Å². The molecule has 0 aliphatic carbocycles. The van der Waals surface area contributed by atoms with Crippen LogP contribution in [0.1, 0.15) is 0 Å². The number of aliphatic hydroxyl groups is 1. The summed E-state index contributed by atoms with van der Waals surface area (Å²) in [6.07, 6.45) is 0. The SMILES string of the molecule is OCOC(F)(F)Cl. The molecule has 1 N–H and O–H groups in total. The minimum Gasteiger partial charge on any atom is -0.370 e. The van der Waals surface area contributed by atoms with E-state index in [0.717, 1.165) is 0 Å². The first-order valence-electron chi connectivity index (χ1n) is 1.38. The fourth-order valence-electron chi connectivity index (χ4n) is 0.0732. The van der Waals surface area contributed by atoms with Crippen LogP contribution in [-0.4, -0.2) is 17.5 Å². The van der Waals surface area contributed by atoms with Gasteiger partial charge in [-0.25, -0.2) is 0 Å². The monoisotopic (exact) mass is 132 g/mol. The molecule has 0 saturated carbocycles. The molecule has 0 unspecified atom stereocenters. The van der Waals surface area contributed by atoms with Gasteiger partial charge in [-0.05, 0) is 11.6 Å². The maximum atomic E-state index is 11.1. The molecule has 0 bridgehead atoms. The van der Waals surface area contributed by atoms with Crippen molar-refractivity contribution in [2.75, 3.05) is 6.79 Å². The molecule has 0 fully saturated rings. The summed E-state index contributed by atoms with van der Waals surface area (Å²) in [5.41, 5.74) is -3.73. The third kappa shape index (κ3) is 6.07. The van der Waals surface area contributed by atoms with Gasteiger partial charge in [-0.2, -0.15) is 8.78 Å². The zero-order chi connectivity index (χ0) is 5.91. The van der Waals surface area contributed by atoms with E-state index in [1.54, 1.807) is 0 Å². The Morgan fingerprint density at radius 3 is 2.14 bits per heavy atom. The molecule has 44 valence electrons. The predicted octanol–water partition coefficient (Wildman–Crippen LogP) is 0.742. The maximum absolute atomic E-state index is 11.1. The molecule has 0 aromatic carbocycles. The van der Waals surface area contributed by atoms with Crippen molar-refractivity contribution in [2.24, 2.45) is 0 Å². The van der Waals surface area contributed by atoms with Crippen molar-refractivity contribution < 1.29 is 18.6 Å². The zero-order valence-corrected chi connectivity index (χ0v) is 3.95. The van der Waals surface area contributed by atoms with Crippen molar-refractivity contribution in [3.8, 4) is 0 Å². The normalized spacial score (nSPS) is 12.0. The van der Waals surface area contributed by atoms with Gasteiger partial charge in [0, 0.05) is 0 Å². The molecule has 0 atom stereocenters. The van der Waals surface area contributed by atoms with E-state index in [4.69, 9.17) is 5.11 Å². The van der Waals surface area contributed by atoms with Crippen LogP contribution in [0.15, 0.2) is 0 Å². The number of hydrogen-bond donors (Lipinski definition) is 1. The minimum absolute atomic E-state index is 1.07. The van der Waals surface area contributed by atoms with Gasteiger partial charge in [0.15, 0.2) is 6.79 Å². The van der Waals surface area contributed by atoms with E-state index < -0.39 is 12.4 Å². The van der Waals surface area contributed by atoms with E-state index in [1.165, 1.54) is 0 Å². The lowest BCUT2D eigenvalue weighted by Crippen LogP contribution is -2.11. The lowest BCUT2D eigenvalue weighted by atomic mass is 11.3. The summed E-state index contributed by atoms with van der Waals surface area (Å²) in [5, 5.41) is 7.62. The molecule has 0 spiro atoms. The summed E-state index contributed by atoms with van der Waals surface area (Å²) in [4.78, 5) is 0. The van der Waals surface area contributed by atoms with Crippen LogP contribution in [0.2, 0.25) is 0 Å². The molecular weight excluding hydrogens is 129 g/mol. The average Bonchev–Trinajstić information content (AvgIpc) is 1.30. The molecule has 0 aromatic heterocycles. The highest BCUT2D eigenvalue weighted by Crippen LogP contribution is 2.18. The van der Waals surface area contributed by atoms with Gasteiger partial charge < -0.3 is 5.11 Å². The Labute approximate surface area is 43.6 Å². The van der Waals surface area contributed by atoms with Crippen LogP contribution in [0.3, 0.4) is 0 Å². The van der Waals surface area contributed by atoms with Crippen LogP contribution in [-0.2, 0) is 4.74 Å². The third-order valence-corrected chi connectivity index (χ3v) is 0.337. The van der Waals surface area contributed by atoms with E-state index in [-0.39, 0.29) is 0 Å². The van der Waals surface area contributed by atoms with Crippen molar-refractivity contribution in [1.29, 1.82) is 0 Å². The van der Waals surface area contributed by atoms with Crippen molar-refractivity contribution in [3.05, 3.63) is 0 Å². The fourth-order valence-corrected chi connectivity index (χ4v) is 0.122. The first kappa shape index (κ1) is 7.07. The molecule has 0 amide bonds. The fraction of sp³-hybridized carbons (Fsp3) is 1.00. The van der Waals surface area contributed by atoms with Crippen LogP contribution in [0.25, 0.3) is 0 Å². The Hall–Kier alpha value is 0.0700. The van der Waals surface area contributed by atoms with Crippen molar-refractivity contribution in [2.45, 2.75) is 5.57 Å². The lowest BCUT2D eigenvalue weighted by Gasteiger charge is -2.02. The second-order valence-electron chi connectivity index (χ2n) is 0.719. The summed E-state index contributed by atoms with van der Waals surface area (Å²) in [6.45, 7) is -1.07. The molecule has 0 aliphatic heterocycles. The summed E-state index contributed by atoms with van der Waals surface area (Å²) >= 11 is 4.12. The van der Waals surface area contributed by atoms with Gasteiger partial charge in [0.25, 0.3) is 0 Å². The largest absolute Gasteiger partial charge is 0.442 e. The average molecular weight is 132 g/mol. The van der Waals surface area contributed by atoms with E-state index in [9.17, 15) is 8.78 Å². The van der Waals surface area contributed by atoms with Gasteiger partial charge in [0.1, 0.15) is 0 Å². The summed E-state index contributed by atoms with van der Waals surface area (Å²) in [6, 6.07) is 0. The number of halogens is 3. The lowest BCUT2D eigenvalue weighted by molar-refractivity contribution is -0.209. The quantitative estimate of drug-likeness (QED) is 0.444. The maximum Gasteiger partial charge on any atom is 0.442 e. The Morgan fingerprint density at radius 2 is 2.14 bits per heavy atom. The van der Waals surface area contributed by atoms with E-state index >= 15 is 0 Å². The minimum atomic E-state index is -3.73. The van der Waals surface area contributed by atoms with Gasteiger partial charge in [0.05, 0.1) is 0 Å². The Bertz CT molecular complexity index is 52.1. The van der Waals surface area contributed by atoms with Crippen LogP contribution >= 0.6 is 11.6 Å². The van der Waals surface area contributed by atoms with Crippen LogP contribution < -0.4 is 0 Å². The molecule has 0 aromatic rings. The van der Waals surface area contributed by atoms with E-state index in [1.807, 2.05) is 0 Å². The van der Waals surface area contributed by atoms with Gasteiger partial charge in [0.2, 0.25) is 0 Å². The molecule has 0 radical (unpaired) electrons. The van der Waals surface area contributed by atoms with E-state index in [0.29, 0.717) is 0 Å². The van der Waals surface area contributed by atoms with Crippen molar-refractivity contribution in [1.82, 2.24) is 0 Å². The number of hydrogen-bond acceptors (Lipinski definition) is 2. The third-order valence-electron chi connectivity index (χ3n) is 0.228. The smallest absolute Gasteiger partial charge is 0.370 e. The van der Waals surface area contributed by atoms with Gasteiger partial charge in [-0.1, -0.05) is 0 Å². The molecular formula is C2H3ClF2O2. The highest BCUT2D eigenvalue weighted by atomic mass is 35.5. The Kier molecular flexibility index (Phi) is 2.42. The molecule has 5 heteroatoms. The molecule has 0 aliphatic rings. The summed E-state index contributed by atoms with van der Waals surface area (Å²) < 4.78 is 25.4. The van der Waals surface area contributed by atoms with Crippen molar-refractivity contribution in [3.63, 3.8) is 0 Å². The van der Waals surface area contributed by atoms with Gasteiger partial charge in [-0.15, -0.1) is 0 Å². The Balaban J connectivity index is 3.15. The first-order valence-corrected chi connectivity index (χ1v) is 1.75. The molecule has 2 nitrogen and oxygen atoms in total. The molecule has 7 heavy (non-hydrogen) atoms. The molecule has 0 saturated heterocycles. The summed E-state index contributed by atoms with van der Waals surface area (Å²) in [5.74, 6) is 0. The highest BCUT2D eigenvalue weighted by molar-refractivity contribution is 6.20. The van der Waals surface area contributed by atoms with Crippen LogP contribution in [0.4, 0.5) is 8.78 Å². The molecule has 0 rings (SSSR count). The Morgan fingerprint density at radius 1 is 1.71 bits per heavy atom. The van der Waals surface area contributed by atoms with E-state index in [2.05, 4.69) is 16.3 Å². The van der Waals surface area contributed by atoms with Crippen molar-refractivity contribution >= 4 is 11.6 Å². The zero-order valence-electron chi connectivity index (χ0n) is 3.20. The second kappa shape index (κ2) is 2.40. The standard InChI is InChI=1S/C2H3ClF2O2/c3-2(4,5)7-1-6/h6H,1H2. The highest BCUT2D eigenvalue weighted by Gasteiger charge is 2.24. The number of aliphatic hydroxyl groups excluding tert-OH is 1. The predicted molar refractivity (Wildman–Crippen MR) is 19.0 cm³/mol. The summed E-state index contributed by atoms with van der Waals surface area (Å²) in [7, 11) is 0.